The van der Waals surface area contributed by atoms with Crippen LogP contribution in [-0.2, 0) is 23.8 Å². The van der Waals surface area contributed by atoms with Crippen LogP contribution in [0.5, 0.6) is 23.0 Å². The predicted octanol–water partition coefficient (Wildman–Crippen LogP) is -0.0174. The van der Waals surface area contributed by atoms with Crippen LogP contribution in [0.15, 0.2) is 42.2 Å². The molecule has 0 saturated carbocycles. The first kappa shape index (κ1) is 26.0. The van der Waals surface area contributed by atoms with Gasteiger partial charge in [0.25, 0.3) is 11.9 Å². The van der Waals surface area contributed by atoms with E-state index < -0.39 is 61.8 Å². The predicted molar refractivity (Wildman–Crippen MR) is 121 cm³/mol. The lowest BCUT2D eigenvalue weighted by Crippen LogP contribution is -2.59. The zero-order valence-electron chi connectivity index (χ0n) is 19.0. The van der Waals surface area contributed by atoms with E-state index in [0.717, 1.165) is 6.07 Å². The molecule has 0 spiro atoms. The van der Waals surface area contributed by atoms with Crippen molar-refractivity contribution in [2.45, 2.75) is 43.2 Å². The van der Waals surface area contributed by atoms with Crippen molar-refractivity contribution in [3.05, 3.63) is 53.3 Å². The van der Waals surface area contributed by atoms with Crippen LogP contribution in [-0.4, -0.2) is 89.7 Å². The summed E-state index contributed by atoms with van der Waals surface area (Å²) in [5, 5.41) is 69.6. The van der Waals surface area contributed by atoms with Crippen LogP contribution in [0.25, 0.3) is 6.08 Å². The van der Waals surface area contributed by atoms with Crippen molar-refractivity contribution in [2.75, 3.05) is 6.61 Å². The molecule has 198 valence electrons. The summed E-state index contributed by atoms with van der Waals surface area (Å²) in [6.07, 6.45) is -8.67. The first-order valence-corrected chi connectivity index (χ1v) is 11.0. The van der Waals surface area contributed by atoms with E-state index in [1.807, 2.05) is 0 Å². The molecule has 6 atom stereocenters. The van der Waals surface area contributed by atoms with Gasteiger partial charge in [-0.2, -0.15) is 0 Å². The molecule has 0 aromatic heterocycles. The number of hydrogen-bond acceptors (Lipinski definition) is 11. The van der Waals surface area contributed by atoms with Crippen molar-refractivity contribution >= 4 is 18.0 Å². The number of aliphatic carboxylic acids is 1. The van der Waals surface area contributed by atoms with Crippen molar-refractivity contribution in [2.24, 2.45) is 0 Å². The first-order chi connectivity index (χ1) is 17.5. The van der Waals surface area contributed by atoms with Crippen LogP contribution in [0, 0.1) is 0 Å². The second kappa shape index (κ2) is 10.5. The van der Waals surface area contributed by atoms with Gasteiger partial charge in [-0.25, -0.2) is 0 Å². The number of phenols is 3. The molecule has 0 aliphatic carbocycles. The summed E-state index contributed by atoms with van der Waals surface area (Å²) in [6, 6.07) is 8.34. The molecule has 8 N–H and O–H groups in total. The summed E-state index contributed by atoms with van der Waals surface area (Å²) in [4.78, 5) is 22.2. The third-order valence-corrected chi connectivity index (χ3v) is 5.78. The Bertz CT molecular complexity index is 1190. The van der Waals surface area contributed by atoms with E-state index in [2.05, 4.69) is 4.74 Å². The fourth-order valence-corrected chi connectivity index (χ4v) is 3.92. The van der Waals surface area contributed by atoms with Crippen LogP contribution in [0.2, 0.25) is 0 Å². The normalized spacial score (nSPS) is 26.8. The zero-order valence-corrected chi connectivity index (χ0v) is 19.0. The van der Waals surface area contributed by atoms with Gasteiger partial charge in [0.2, 0.25) is 6.29 Å². The number of hydrogen-bond donors (Lipinski definition) is 7. The Kier molecular flexibility index (Phi) is 7.40. The SMILES string of the molecule is O=C(O)CC(=O)OCC1O[C@@H](OC2=Cc3c(O)cc(O)cc3[OH+]C2c2ccc(O)cc2)C(O)C(O)[C@@H]1O. The van der Waals surface area contributed by atoms with Crippen LogP contribution in [0.4, 0.5) is 0 Å². The van der Waals surface area contributed by atoms with Gasteiger partial charge in [0.05, 0.1) is 11.6 Å². The molecule has 2 heterocycles. The van der Waals surface area contributed by atoms with Gasteiger partial charge in [-0.1, -0.05) is 0 Å². The fraction of sp³-hybridized carbons (Fsp3) is 0.333. The van der Waals surface area contributed by atoms with E-state index in [1.165, 1.54) is 24.3 Å². The van der Waals surface area contributed by atoms with Gasteiger partial charge in [0.15, 0.2) is 5.76 Å². The second-order valence-electron chi connectivity index (χ2n) is 8.45. The number of fused-ring (bicyclic) bond motifs is 1. The van der Waals surface area contributed by atoms with Crippen LogP contribution >= 0.6 is 0 Å². The summed E-state index contributed by atoms with van der Waals surface area (Å²) < 4.78 is 20.7. The maximum absolute atomic E-state index is 11.6. The third kappa shape index (κ3) is 5.70. The molecule has 1 saturated heterocycles. The minimum absolute atomic E-state index is 0.00914. The average molecular weight is 521 g/mol. The Balaban J connectivity index is 1.61. The topological polar surface area (TPSA) is 216 Å². The summed E-state index contributed by atoms with van der Waals surface area (Å²) in [7, 11) is 0. The lowest BCUT2D eigenvalue weighted by molar-refractivity contribution is -0.296. The number of aliphatic hydroxyl groups is 4. The molecule has 13 nitrogen and oxygen atoms in total. The van der Waals surface area contributed by atoms with Crippen molar-refractivity contribution in [1.82, 2.24) is 0 Å². The molecular weight excluding hydrogens is 496 g/mol. The molecule has 37 heavy (non-hydrogen) atoms. The van der Waals surface area contributed by atoms with Crippen LogP contribution in [0.3, 0.4) is 0 Å². The van der Waals surface area contributed by atoms with Crippen LogP contribution < -0.4 is 0 Å². The minimum Gasteiger partial charge on any atom is -0.571 e. The summed E-state index contributed by atoms with van der Waals surface area (Å²) in [5.41, 5.74) is 0.704. The number of rotatable bonds is 7. The van der Waals surface area contributed by atoms with E-state index >= 15 is 0 Å². The van der Waals surface area contributed by atoms with E-state index in [0.29, 0.717) is 5.56 Å². The van der Waals surface area contributed by atoms with Gasteiger partial charge in [0, 0.05) is 12.1 Å². The molecule has 0 radical (unpaired) electrons. The Labute approximate surface area is 209 Å². The minimum atomic E-state index is -1.78. The maximum Gasteiger partial charge on any atom is 0.317 e. The number of ether oxygens (including phenoxy) is 4. The van der Waals surface area contributed by atoms with Gasteiger partial charge in [-0.15, -0.1) is 0 Å². The molecule has 2 aliphatic rings. The summed E-state index contributed by atoms with van der Waals surface area (Å²) in [6.45, 7) is -0.634. The quantitative estimate of drug-likeness (QED) is 0.145. The zero-order chi connectivity index (χ0) is 26.9. The third-order valence-electron chi connectivity index (χ3n) is 5.78. The van der Waals surface area contributed by atoms with Crippen molar-refractivity contribution in [3.63, 3.8) is 0 Å². The number of phenolic OH excluding ortho intramolecular Hbond substituents is 3. The van der Waals surface area contributed by atoms with Gasteiger partial charge in [-0.3, -0.25) is 9.59 Å². The molecule has 2 aromatic rings. The first-order valence-electron chi connectivity index (χ1n) is 11.0. The largest absolute Gasteiger partial charge is 0.571 e. The Morgan fingerprint density at radius 1 is 0.946 bits per heavy atom. The standard InChI is InChI=1S/C24H24O13/c25-11-3-1-10(2-4-11)23-16(7-13-14(27)5-12(26)6-15(13)35-23)36-24-22(33)21(32)20(31)17(37-24)9-34-19(30)8-18(28)29/h1-7,17,20-27,31-33H,8-9H2,(H,28,29)/p+1/t17?,20-,21?,22?,23?,24-/m1/s1. The number of aromatic hydroxyl groups is 4. The van der Waals surface area contributed by atoms with Crippen molar-refractivity contribution < 1.29 is 64.3 Å². The lowest BCUT2D eigenvalue weighted by Gasteiger charge is -2.40. The van der Waals surface area contributed by atoms with Crippen molar-refractivity contribution in [3.8, 4) is 23.0 Å². The Morgan fingerprint density at radius 3 is 2.32 bits per heavy atom. The molecule has 2 aromatic carbocycles. The molecule has 0 bridgehead atoms. The Morgan fingerprint density at radius 2 is 1.65 bits per heavy atom. The smallest absolute Gasteiger partial charge is 0.317 e. The van der Waals surface area contributed by atoms with Gasteiger partial charge >= 0.3 is 11.9 Å². The molecule has 1 fully saturated rings. The summed E-state index contributed by atoms with van der Waals surface area (Å²) in [5.74, 6) is -2.81. The van der Waals surface area contributed by atoms with Gasteiger partial charge in [-0.05, 0) is 24.3 Å². The number of carbonyl (C=O) groups is 2. The molecule has 13 heteroatoms. The average Bonchev–Trinajstić information content (AvgIpc) is 2.83. The highest BCUT2D eigenvalue weighted by molar-refractivity contribution is 5.90. The molecule has 4 unspecified atom stereocenters. The molecule has 0 amide bonds. The van der Waals surface area contributed by atoms with E-state index in [1.54, 1.807) is 12.1 Å². The number of carbonyl (C=O) groups excluding carboxylic acids is 1. The fourth-order valence-electron chi connectivity index (χ4n) is 3.92. The second-order valence-corrected chi connectivity index (χ2v) is 8.45. The van der Waals surface area contributed by atoms with E-state index in [4.69, 9.17) is 19.3 Å². The summed E-state index contributed by atoms with van der Waals surface area (Å²) >= 11 is 0. The van der Waals surface area contributed by atoms with Gasteiger partial charge < -0.3 is 54.7 Å². The number of esters is 1. The highest BCUT2D eigenvalue weighted by Crippen LogP contribution is 2.45. The lowest BCUT2D eigenvalue weighted by atomic mass is 9.98. The highest BCUT2D eigenvalue weighted by Gasteiger charge is 2.47. The number of carboxylic acids is 1. The highest BCUT2D eigenvalue weighted by atomic mass is 16.7. The molecular formula is C24H25O13+. The van der Waals surface area contributed by atoms with Crippen molar-refractivity contribution in [1.29, 1.82) is 0 Å². The number of aliphatic hydroxyl groups excluding tert-OH is 3. The van der Waals surface area contributed by atoms with E-state index in [9.17, 15) is 40.2 Å². The van der Waals surface area contributed by atoms with Crippen LogP contribution in [0.1, 0.15) is 23.7 Å². The Hall–Kier alpha value is -4.04. The monoisotopic (exact) mass is 521 g/mol. The number of benzene rings is 2. The number of carboxylic acid groups (broad SMARTS) is 1. The molecule has 4 rings (SSSR count). The van der Waals surface area contributed by atoms with E-state index in [-0.39, 0.29) is 34.3 Å². The maximum atomic E-state index is 11.6. The van der Waals surface area contributed by atoms with Gasteiger partial charge in [0.1, 0.15) is 60.3 Å². The molecule has 2 aliphatic heterocycles.